The lowest BCUT2D eigenvalue weighted by atomic mass is 10.0. The maximum atomic E-state index is 5.56. The van der Waals surface area contributed by atoms with Gasteiger partial charge in [-0.05, 0) is 31.7 Å². The monoisotopic (exact) mass is 237 g/mol. The molecule has 1 aliphatic heterocycles. The van der Waals surface area contributed by atoms with Crippen LogP contribution in [0, 0.1) is 5.92 Å². The third-order valence-electron chi connectivity index (χ3n) is 3.20. The summed E-state index contributed by atoms with van der Waals surface area (Å²) in [5.74, 6) is 0.748. The molecule has 1 aromatic rings. The SMILES string of the molecule is CCCNCc1coc(N2CCCC(C)C2)n1. The van der Waals surface area contributed by atoms with Gasteiger partial charge in [0.25, 0.3) is 6.01 Å². The lowest BCUT2D eigenvalue weighted by Gasteiger charge is -2.29. The van der Waals surface area contributed by atoms with E-state index in [9.17, 15) is 0 Å². The molecule has 1 atom stereocenters. The van der Waals surface area contributed by atoms with E-state index < -0.39 is 0 Å². The molecule has 0 spiro atoms. The van der Waals surface area contributed by atoms with Crippen molar-refractivity contribution in [3.05, 3.63) is 12.0 Å². The molecule has 0 aromatic carbocycles. The average Bonchev–Trinajstić information content (AvgIpc) is 2.78. The number of hydrogen-bond donors (Lipinski definition) is 1. The molecule has 0 radical (unpaired) electrons. The van der Waals surface area contributed by atoms with Crippen molar-refractivity contribution in [3.8, 4) is 0 Å². The molecule has 4 heteroatoms. The molecular formula is C13H23N3O. The maximum Gasteiger partial charge on any atom is 0.297 e. The molecule has 4 nitrogen and oxygen atoms in total. The Labute approximate surface area is 103 Å². The van der Waals surface area contributed by atoms with Crippen molar-refractivity contribution in [1.82, 2.24) is 10.3 Å². The van der Waals surface area contributed by atoms with Crippen molar-refractivity contribution in [2.24, 2.45) is 5.92 Å². The van der Waals surface area contributed by atoms with Gasteiger partial charge in [-0.3, -0.25) is 0 Å². The van der Waals surface area contributed by atoms with Crippen LogP contribution >= 0.6 is 0 Å². The molecule has 96 valence electrons. The minimum atomic E-state index is 0.748. The van der Waals surface area contributed by atoms with E-state index in [1.807, 2.05) is 0 Å². The normalized spacial score (nSPS) is 20.8. The van der Waals surface area contributed by atoms with E-state index in [4.69, 9.17) is 4.42 Å². The Morgan fingerprint density at radius 3 is 3.24 bits per heavy atom. The minimum absolute atomic E-state index is 0.748. The Morgan fingerprint density at radius 1 is 1.59 bits per heavy atom. The number of nitrogens with one attached hydrogen (secondary N) is 1. The standard InChI is InChI=1S/C13H23N3O/c1-3-6-14-8-12-10-17-13(15-12)16-7-4-5-11(2)9-16/h10-11,14H,3-9H2,1-2H3. The maximum absolute atomic E-state index is 5.56. The molecule has 1 aliphatic rings. The Bertz CT molecular complexity index is 337. The molecular weight excluding hydrogens is 214 g/mol. The number of hydrogen-bond acceptors (Lipinski definition) is 4. The molecule has 1 unspecified atom stereocenters. The number of rotatable bonds is 5. The zero-order valence-corrected chi connectivity index (χ0v) is 10.9. The van der Waals surface area contributed by atoms with E-state index in [1.165, 1.54) is 12.8 Å². The lowest BCUT2D eigenvalue weighted by Crippen LogP contribution is -2.34. The molecule has 2 rings (SSSR count). The van der Waals surface area contributed by atoms with Gasteiger partial charge in [0.1, 0.15) is 6.26 Å². The fourth-order valence-corrected chi connectivity index (χ4v) is 2.28. The zero-order chi connectivity index (χ0) is 12.1. The first kappa shape index (κ1) is 12.4. The molecule has 0 bridgehead atoms. The van der Waals surface area contributed by atoms with Gasteiger partial charge in [-0.15, -0.1) is 0 Å². The van der Waals surface area contributed by atoms with Gasteiger partial charge in [-0.2, -0.15) is 4.98 Å². The third-order valence-corrected chi connectivity index (χ3v) is 3.20. The van der Waals surface area contributed by atoms with Gasteiger partial charge in [-0.1, -0.05) is 13.8 Å². The fourth-order valence-electron chi connectivity index (χ4n) is 2.28. The van der Waals surface area contributed by atoms with Crippen molar-refractivity contribution < 1.29 is 4.42 Å². The first-order valence-corrected chi connectivity index (χ1v) is 6.69. The highest BCUT2D eigenvalue weighted by Gasteiger charge is 2.20. The summed E-state index contributed by atoms with van der Waals surface area (Å²) in [4.78, 5) is 6.80. The summed E-state index contributed by atoms with van der Waals surface area (Å²) in [6.07, 6.45) is 5.49. The van der Waals surface area contributed by atoms with Gasteiger partial charge in [0, 0.05) is 19.6 Å². The van der Waals surface area contributed by atoms with E-state index in [-0.39, 0.29) is 0 Å². The predicted octanol–water partition coefficient (Wildman–Crippen LogP) is 2.41. The van der Waals surface area contributed by atoms with Crippen LogP contribution in [-0.2, 0) is 6.54 Å². The molecule has 0 amide bonds. The minimum Gasteiger partial charge on any atom is -0.432 e. The first-order chi connectivity index (χ1) is 8.29. The highest BCUT2D eigenvalue weighted by atomic mass is 16.4. The van der Waals surface area contributed by atoms with Gasteiger partial charge in [0.2, 0.25) is 0 Å². The Kier molecular flexibility index (Phi) is 4.42. The summed E-state index contributed by atoms with van der Waals surface area (Å²) in [6, 6.07) is 0.796. The zero-order valence-electron chi connectivity index (χ0n) is 10.9. The summed E-state index contributed by atoms with van der Waals surface area (Å²) in [6.45, 7) is 8.44. The number of piperidine rings is 1. The van der Waals surface area contributed by atoms with E-state index in [0.717, 1.165) is 50.2 Å². The van der Waals surface area contributed by atoms with Crippen LogP contribution in [0.3, 0.4) is 0 Å². The van der Waals surface area contributed by atoms with E-state index in [2.05, 4.69) is 29.0 Å². The highest BCUT2D eigenvalue weighted by Crippen LogP contribution is 2.22. The van der Waals surface area contributed by atoms with E-state index >= 15 is 0 Å². The lowest BCUT2D eigenvalue weighted by molar-refractivity contribution is 0.416. The van der Waals surface area contributed by atoms with E-state index in [1.54, 1.807) is 6.26 Å². The number of aromatic nitrogens is 1. The Balaban J connectivity index is 1.88. The van der Waals surface area contributed by atoms with Crippen LogP contribution in [0.25, 0.3) is 0 Å². The molecule has 1 aromatic heterocycles. The Morgan fingerprint density at radius 2 is 2.47 bits per heavy atom. The molecule has 2 heterocycles. The second-order valence-electron chi connectivity index (χ2n) is 4.99. The van der Waals surface area contributed by atoms with Crippen molar-refractivity contribution in [1.29, 1.82) is 0 Å². The van der Waals surface area contributed by atoms with Gasteiger partial charge in [0.15, 0.2) is 0 Å². The van der Waals surface area contributed by atoms with Crippen molar-refractivity contribution in [2.75, 3.05) is 24.5 Å². The molecule has 17 heavy (non-hydrogen) atoms. The fraction of sp³-hybridized carbons (Fsp3) is 0.769. The largest absolute Gasteiger partial charge is 0.432 e. The predicted molar refractivity (Wildman–Crippen MR) is 69.1 cm³/mol. The summed E-state index contributed by atoms with van der Waals surface area (Å²) in [5, 5.41) is 3.34. The van der Waals surface area contributed by atoms with Crippen LogP contribution in [0.15, 0.2) is 10.7 Å². The topological polar surface area (TPSA) is 41.3 Å². The number of anilines is 1. The molecule has 1 fully saturated rings. The Hall–Kier alpha value is -1.03. The van der Waals surface area contributed by atoms with Crippen LogP contribution in [0.1, 0.15) is 38.8 Å². The first-order valence-electron chi connectivity index (χ1n) is 6.69. The summed E-state index contributed by atoms with van der Waals surface area (Å²) in [5.41, 5.74) is 1.01. The molecule has 0 aliphatic carbocycles. The van der Waals surface area contributed by atoms with Crippen molar-refractivity contribution >= 4 is 6.01 Å². The summed E-state index contributed by atoms with van der Waals surface area (Å²) < 4.78 is 5.56. The second-order valence-corrected chi connectivity index (χ2v) is 4.99. The third kappa shape index (κ3) is 3.46. The van der Waals surface area contributed by atoms with Gasteiger partial charge >= 0.3 is 0 Å². The molecule has 0 saturated carbocycles. The number of oxazole rings is 1. The quantitative estimate of drug-likeness (QED) is 0.798. The van der Waals surface area contributed by atoms with Crippen LogP contribution in [0.5, 0.6) is 0 Å². The average molecular weight is 237 g/mol. The van der Waals surface area contributed by atoms with Crippen LogP contribution in [0.2, 0.25) is 0 Å². The van der Waals surface area contributed by atoms with Gasteiger partial charge in [-0.25, -0.2) is 0 Å². The number of nitrogens with zero attached hydrogens (tertiary/aromatic N) is 2. The summed E-state index contributed by atoms with van der Waals surface area (Å²) in [7, 11) is 0. The smallest absolute Gasteiger partial charge is 0.297 e. The van der Waals surface area contributed by atoms with Crippen LogP contribution in [-0.4, -0.2) is 24.6 Å². The van der Waals surface area contributed by atoms with Crippen LogP contribution < -0.4 is 10.2 Å². The van der Waals surface area contributed by atoms with Gasteiger partial charge in [0.05, 0.1) is 5.69 Å². The van der Waals surface area contributed by atoms with Gasteiger partial charge < -0.3 is 14.6 Å². The van der Waals surface area contributed by atoms with Crippen molar-refractivity contribution in [2.45, 2.75) is 39.7 Å². The summed E-state index contributed by atoms with van der Waals surface area (Å²) >= 11 is 0. The molecule has 1 saturated heterocycles. The van der Waals surface area contributed by atoms with E-state index in [0.29, 0.717) is 0 Å². The molecule has 1 N–H and O–H groups in total. The highest BCUT2D eigenvalue weighted by molar-refractivity contribution is 5.27. The van der Waals surface area contributed by atoms with Crippen molar-refractivity contribution in [3.63, 3.8) is 0 Å². The second kappa shape index (κ2) is 6.05. The van der Waals surface area contributed by atoms with Crippen LogP contribution in [0.4, 0.5) is 6.01 Å².